The van der Waals surface area contributed by atoms with E-state index in [0.29, 0.717) is 13.1 Å². The van der Waals surface area contributed by atoms with E-state index in [1.54, 1.807) is 29.2 Å². The van der Waals surface area contributed by atoms with Crippen molar-refractivity contribution in [3.8, 4) is 0 Å². The molecule has 7 heteroatoms. The smallest absolute Gasteiger partial charge is 0.246 e. The lowest BCUT2D eigenvalue weighted by Crippen LogP contribution is -2.50. The Morgan fingerprint density at radius 2 is 1.71 bits per heavy atom. The Morgan fingerprint density at radius 3 is 2.36 bits per heavy atom. The van der Waals surface area contributed by atoms with Gasteiger partial charge in [0.05, 0.1) is 5.02 Å². The van der Waals surface area contributed by atoms with Crippen molar-refractivity contribution in [3.63, 3.8) is 0 Å². The number of amides is 1. The lowest BCUT2D eigenvalue weighted by molar-refractivity contribution is -0.127. The number of aryl methyl sites for hydroxylation is 2. The number of nitrogens with zero attached hydrogens (tertiary/aromatic N) is 2. The van der Waals surface area contributed by atoms with Crippen LogP contribution in [0.15, 0.2) is 53.4 Å². The predicted molar refractivity (Wildman–Crippen MR) is 112 cm³/mol. The van der Waals surface area contributed by atoms with Crippen molar-refractivity contribution in [2.75, 3.05) is 26.2 Å². The van der Waals surface area contributed by atoms with Crippen LogP contribution in [0.1, 0.15) is 16.7 Å². The molecule has 0 spiro atoms. The zero-order valence-corrected chi connectivity index (χ0v) is 17.5. The Labute approximate surface area is 171 Å². The summed E-state index contributed by atoms with van der Waals surface area (Å²) in [6.45, 7) is 5.23. The number of halogens is 1. The molecule has 148 valence electrons. The standard InChI is InChI=1S/C21H23ClN2O3S/c1-16-7-8-18(17(2)15-16)9-10-21(25)23-11-13-24(14-12-23)28(26,27)20-6-4-3-5-19(20)22/h3-10,15H,11-14H2,1-2H3/b10-9+. The fourth-order valence-electron chi connectivity index (χ4n) is 3.22. The van der Waals surface area contributed by atoms with Crippen LogP contribution in [0.5, 0.6) is 0 Å². The fourth-order valence-corrected chi connectivity index (χ4v) is 5.14. The third-order valence-electron chi connectivity index (χ3n) is 4.84. The predicted octanol–water partition coefficient (Wildman–Crippen LogP) is 3.50. The lowest BCUT2D eigenvalue weighted by Gasteiger charge is -2.33. The summed E-state index contributed by atoms with van der Waals surface area (Å²) < 4.78 is 26.9. The minimum atomic E-state index is -3.66. The van der Waals surface area contributed by atoms with Crippen molar-refractivity contribution in [2.45, 2.75) is 18.7 Å². The molecule has 0 bridgehead atoms. The minimum absolute atomic E-state index is 0.103. The first kappa shape index (κ1) is 20.6. The van der Waals surface area contributed by atoms with Crippen molar-refractivity contribution in [3.05, 3.63) is 70.3 Å². The number of rotatable bonds is 4. The van der Waals surface area contributed by atoms with E-state index >= 15 is 0 Å². The van der Waals surface area contributed by atoms with Crippen LogP contribution < -0.4 is 0 Å². The third-order valence-corrected chi connectivity index (χ3v) is 7.23. The van der Waals surface area contributed by atoms with Gasteiger partial charge in [0.15, 0.2) is 0 Å². The average Bonchev–Trinajstić information content (AvgIpc) is 2.67. The molecule has 2 aromatic carbocycles. The van der Waals surface area contributed by atoms with E-state index in [-0.39, 0.29) is 28.9 Å². The molecule has 1 heterocycles. The Bertz CT molecular complexity index is 1010. The van der Waals surface area contributed by atoms with Crippen molar-refractivity contribution >= 4 is 33.6 Å². The molecule has 0 radical (unpaired) electrons. The van der Waals surface area contributed by atoms with Gasteiger partial charge in [0.1, 0.15) is 4.90 Å². The summed E-state index contributed by atoms with van der Waals surface area (Å²) in [5.41, 5.74) is 3.29. The number of benzene rings is 2. The van der Waals surface area contributed by atoms with Crippen LogP contribution >= 0.6 is 11.6 Å². The van der Waals surface area contributed by atoms with Gasteiger partial charge in [0.2, 0.25) is 15.9 Å². The van der Waals surface area contributed by atoms with Crippen molar-refractivity contribution in [1.82, 2.24) is 9.21 Å². The second kappa shape index (κ2) is 8.47. The second-order valence-corrected chi connectivity index (χ2v) is 9.17. The van der Waals surface area contributed by atoms with Crippen LogP contribution in [0.2, 0.25) is 5.02 Å². The number of hydrogen-bond donors (Lipinski definition) is 0. The Hall–Kier alpha value is -2.15. The molecule has 2 aromatic rings. The number of carbonyl (C=O) groups excluding carboxylic acids is 1. The highest BCUT2D eigenvalue weighted by Gasteiger charge is 2.30. The van der Waals surface area contributed by atoms with E-state index < -0.39 is 10.0 Å². The summed E-state index contributed by atoms with van der Waals surface area (Å²) in [5, 5.41) is 0.206. The van der Waals surface area contributed by atoms with Crippen molar-refractivity contribution in [2.24, 2.45) is 0 Å². The number of hydrogen-bond acceptors (Lipinski definition) is 3. The first-order valence-corrected chi connectivity index (χ1v) is 10.9. The summed E-state index contributed by atoms with van der Waals surface area (Å²) in [6, 6.07) is 12.5. The summed E-state index contributed by atoms with van der Waals surface area (Å²) in [7, 11) is -3.66. The van der Waals surface area contributed by atoms with Crippen LogP contribution in [-0.4, -0.2) is 49.7 Å². The maximum atomic E-state index is 12.8. The summed E-state index contributed by atoms with van der Waals surface area (Å²) >= 11 is 6.05. The van der Waals surface area contributed by atoms with Gasteiger partial charge in [-0.2, -0.15) is 4.31 Å². The molecule has 3 rings (SSSR count). The molecule has 28 heavy (non-hydrogen) atoms. The quantitative estimate of drug-likeness (QED) is 0.714. The van der Waals surface area contributed by atoms with Crippen LogP contribution in [-0.2, 0) is 14.8 Å². The van der Waals surface area contributed by atoms with Gasteiger partial charge in [0.25, 0.3) is 0 Å². The van der Waals surface area contributed by atoms with Crippen LogP contribution in [0.25, 0.3) is 6.08 Å². The highest BCUT2D eigenvalue weighted by molar-refractivity contribution is 7.89. The van der Waals surface area contributed by atoms with E-state index in [1.807, 2.05) is 32.1 Å². The largest absolute Gasteiger partial charge is 0.337 e. The van der Waals surface area contributed by atoms with E-state index in [4.69, 9.17) is 11.6 Å². The molecule has 0 unspecified atom stereocenters. The molecule has 5 nitrogen and oxygen atoms in total. The van der Waals surface area contributed by atoms with Gasteiger partial charge < -0.3 is 4.90 Å². The maximum absolute atomic E-state index is 12.8. The zero-order chi connectivity index (χ0) is 20.3. The molecule has 0 N–H and O–H groups in total. The van der Waals surface area contributed by atoms with Gasteiger partial charge in [0, 0.05) is 32.3 Å². The van der Waals surface area contributed by atoms with Gasteiger partial charge >= 0.3 is 0 Å². The number of sulfonamides is 1. The molecule has 1 aliphatic rings. The van der Waals surface area contributed by atoms with E-state index in [2.05, 4.69) is 6.07 Å². The highest BCUT2D eigenvalue weighted by atomic mass is 35.5. The van der Waals surface area contributed by atoms with Crippen molar-refractivity contribution in [1.29, 1.82) is 0 Å². The molecule has 1 amide bonds. The van der Waals surface area contributed by atoms with Crippen LogP contribution in [0.3, 0.4) is 0 Å². The molecule has 0 saturated carbocycles. The normalized spacial score (nSPS) is 15.9. The van der Waals surface area contributed by atoms with Gasteiger partial charge in [-0.1, -0.05) is 47.5 Å². The maximum Gasteiger partial charge on any atom is 0.246 e. The van der Waals surface area contributed by atoms with Crippen molar-refractivity contribution < 1.29 is 13.2 Å². The fraction of sp³-hybridized carbons (Fsp3) is 0.286. The van der Waals surface area contributed by atoms with E-state index in [1.165, 1.54) is 15.9 Å². The second-order valence-electron chi connectivity index (χ2n) is 6.85. The number of piperazine rings is 1. The summed E-state index contributed by atoms with van der Waals surface area (Å²) in [6.07, 6.45) is 3.36. The van der Waals surface area contributed by atoms with Crippen LogP contribution in [0, 0.1) is 13.8 Å². The summed E-state index contributed by atoms with van der Waals surface area (Å²) in [5.74, 6) is -0.116. The molecule has 1 saturated heterocycles. The monoisotopic (exact) mass is 418 g/mol. The lowest BCUT2D eigenvalue weighted by atomic mass is 10.1. The highest BCUT2D eigenvalue weighted by Crippen LogP contribution is 2.25. The molecule has 0 aliphatic carbocycles. The molecule has 1 fully saturated rings. The Morgan fingerprint density at radius 1 is 1.04 bits per heavy atom. The average molecular weight is 419 g/mol. The minimum Gasteiger partial charge on any atom is -0.337 e. The number of carbonyl (C=O) groups is 1. The van der Waals surface area contributed by atoms with Crippen LogP contribution in [0.4, 0.5) is 0 Å². The van der Waals surface area contributed by atoms with E-state index in [9.17, 15) is 13.2 Å². The first-order chi connectivity index (χ1) is 13.3. The molecular formula is C21H23ClN2O3S. The molecule has 0 aromatic heterocycles. The van der Waals surface area contributed by atoms with Gasteiger partial charge in [-0.05, 0) is 43.2 Å². The molecular weight excluding hydrogens is 396 g/mol. The van der Waals surface area contributed by atoms with Gasteiger partial charge in [-0.3, -0.25) is 4.79 Å². The Balaban J connectivity index is 1.64. The molecule has 0 atom stereocenters. The van der Waals surface area contributed by atoms with E-state index in [0.717, 1.165) is 11.1 Å². The topological polar surface area (TPSA) is 57.7 Å². The van der Waals surface area contributed by atoms with Gasteiger partial charge in [-0.15, -0.1) is 0 Å². The third kappa shape index (κ3) is 4.46. The van der Waals surface area contributed by atoms with Gasteiger partial charge in [-0.25, -0.2) is 8.42 Å². The summed E-state index contributed by atoms with van der Waals surface area (Å²) in [4.78, 5) is 14.2. The SMILES string of the molecule is Cc1ccc(/C=C/C(=O)N2CCN(S(=O)(=O)c3ccccc3Cl)CC2)c(C)c1. The zero-order valence-electron chi connectivity index (χ0n) is 15.9. The molecule has 1 aliphatic heterocycles. The first-order valence-electron chi connectivity index (χ1n) is 9.08. The Kier molecular flexibility index (Phi) is 6.23.